The Morgan fingerprint density at radius 3 is 2.75 bits per heavy atom. The van der Waals surface area contributed by atoms with E-state index in [2.05, 4.69) is 51.5 Å². The second-order valence-electron chi connectivity index (χ2n) is 6.06. The largest absolute Gasteiger partial charge is 0.309 e. The molecule has 0 unspecified atom stereocenters. The number of anilines is 1. The normalized spacial score (nSPS) is 29.4. The lowest BCUT2D eigenvalue weighted by Crippen LogP contribution is -2.39. The molecule has 2 fully saturated rings. The van der Waals surface area contributed by atoms with Crippen LogP contribution in [0.2, 0.25) is 0 Å². The van der Waals surface area contributed by atoms with Crippen LogP contribution in [0.3, 0.4) is 0 Å². The van der Waals surface area contributed by atoms with Crippen molar-refractivity contribution >= 4 is 27.7 Å². The molecule has 3 atom stereocenters. The average Bonchev–Trinajstić information content (AvgIpc) is 3.18. The Bertz CT molecular complexity index is 530. The molecule has 0 bridgehead atoms. The highest BCUT2D eigenvalue weighted by molar-refractivity contribution is 9.10. The van der Waals surface area contributed by atoms with Gasteiger partial charge in [-0.15, -0.1) is 0 Å². The molecule has 2 aliphatic rings. The molecule has 1 saturated heterocycles. The molecule has 2 heterocycles. The number of nitrogens with zero attached hydrogens (tertiary/aromatic N) is 1. The summed E-state index contributed by atoms with van der Waals surface area (Å²) in [4.78, 5) is 16.9. The first-order chi connectivity index (χ1) is 9.56. The summed E-state index contributed by atoms with van der Waals surface area (Å²) in [5.74, 6) is 2.21. The number of amides is 1. The minimum Gasteiger partial charge on any atom is -0.309 e. The number of carbonyl (C=O) groups excluding carboxylic acids is 1. The quantitative estimate of drug-likeness (QED) is 0.834. The maximum atomic E-state index is 12.4. The van der Waals surface area contributed by atoms with E-state index >= 15 is 0 Å². The molecular formula is C15H20BrN3O. The van der Waals surface area contributed by atoms with Crippen molar-refractivity contribution < 1.29 is 4.79 Å². The fraction of sp³-hybridized carbons (Fsp3) is 0.600. The summed E-state index contributed by atoms with van der Waals surface area (Å²) >= 11 is 3.38. The van der Waals surface area contributed by atoms with Crippen LogP contribution in [0.5, 0.6) is 0 Å². The zero-order valence-corrected chi connectivity index (χ0v) is 13.4. The van der Waals surface area contributed by atoms with E-state index in [1.807, 2.05) is 6.07 Å². The van der Waals surface area contributed by atoms with Crippen LogP contribution in [0.15, 0.2) is 16.7 Å². The summed E-state index contributed by atoms with van der Waals surface area (Å²) in [7, 11) is 0. The third-order valence-corrected chi connectivity index (χ3v) is 4.96. The fourth-order valence-corrected chi connectivity index (χ4v) is 3.12. The first-order valence-corrected chi connectivity index (χ1v) is 8.06. The van der Waals surface area contributed by atoms with Crippen LogP contribution in [0.4, 0.5) is 5.82 Å². The van der Waals surface area contributed by atoms with Crippen LogP contribution in [0, 0.1) is 11.8 Å². The summed E-state index contributed by atoms with van der Waals surface area (Å²) in [5, 5.41) is 6.33. The third-order valence-electron chi connectivity index (χ3n) is 4.52. The van der Waals surface area contributed by atoms with Gasteiger partial charge in [0, 0.05) is 0 Å². The summed E-state index contributed by atoms with van der Waals surface area (Å²) in [6.07, 6.45) is 2.39. The van der Waals surface area contributed by atoms with Crippen molar-refractivity contribution in [3.63, 3.8) is 0 Å². The maximum absolute atomic E-state index is 12.4. The van der Waals surface area contributed by atoms with Crippen molar-refractivity contribution in [2.24, 2.45) is 11.8 Å². The number of pyridine rings is 1. The standard InChI is InChI=1S/C15H20BrN3O/c1-8-7-17-13(9(8)2)15(20)19-14-11(10-3-4-10)5-6-12(16)18-14/h5-6,8-10,13,17H,3-4,7H2,1-2H3,(H,18,19,20)/t8-,9-,13+/m1/s1. The van der Waals surface area contributed by atoms with Crippen LogP contribution in [-0.4, -0.2) is 23.5 Å². The topological polar surface area (TPSA) is 54.0 Å². The summed E-state index contributed by atoms with van der Waals surface area (Å²) in [6, 6.07) is 3.90. The lowest BCUT2D eigenvalue weighted by Gasteiger charge is -2.18. The first-order valence-electron chi connectivity index (χ1n) is 7.27. The van der Waals surface area contributed by atoms with E-state index in [-0.39, 0.29) is 11.9 Å². The Balaban J connectivity index is 1.77. The Kier molecular flexibility index (Phi) is 3.82. The highest BCUT2D eigenvalue weighted by Crippen LogP contribution is 2.43. The van der Waals surface area contributed by atoms with Gasteiger partial charge in [-0.3, -0.25) is 4.79 Å². The Morgan fingerprint density at radius 2 is 2.15 bits per heavy atom. The fourth-order valence-electron chi connectivity index (χ4n) is 2.81. The minimum atomic E-state index is -0.113. The predicted octanol–water partition coefficient (Wildman–Crippen LogP) is 2.90. The van der Waals surface area contributed by atoms with Crippen molar-refractivity contribution in [1.82, 2.24) is 10.3 Å². The molecule has 4 nitrogen and oxygen atoms in total. The van der Waals surface area contributed by atoms with Crippen molar-refractivity contribution in [3.8, 4) is 0 Å². The number of rotatable bonds is 3. The molecule has 1 saturated carbocycles. The van der Waals surface area contributed by atoms with E-state index in [1.54, 1.807) is 0 Å². The number of carbonyl (C=O) groups is 1. The van der Waals surface area contributed by atoms with Gasteiger partial charge in [-0.25, -0.2) is 4.98 Å². The third kappa shape index (κ3) is 2.74. The van der Waals surface area contributed by atoms with Crippen molar-refractivity contribution in [1.29, 1.82) is 0 Å². The Morgan fingerprint density at radius 1 is 1.40 bits per heavy atom. The summed E-state index contributed by atoms with van der Waals surface area (Å²) in [6.45, 7) is 5.21. The smallest absolute Gasteiger partial charge is 0.242 e. The predicted molar refractivity (Wildman–Crippen MR) is 82.7 cm³/mol. The highest BCUT2D eigenvalue weighted by atomic mass is 79.9. The molecule has 108 valence electrons. The van der Waals surface area contributed by atoms with Gasteiger partial charge in [0.05, 0.1) is 6.04 Å². The molecule has 0 radical (unpaired) electrons. The van der Waals surface area contributed by atoms with Gasteiger partial charge in [-0.05, 0) is 64.7 Å². The SMILES string of the molecule is C[C@@H]1[C@H](C)CN[C@@H]1C(=O)Nc1nc(Br)ccc1C1CC1. The number of hydrogen-bond donors (Lipinski definition) is 2. The van der Waals surface area contributed by atoms with Crippen molar-refractivity contribution in [2.45, 2.75) is 38.6 Å². The zero-order chi connectivity index (χ0) is 14.3. The molecule has 5 heteroatoms. The number of aromatic nitrogens is 1. The van der Waals surface area contributed by atoms with Crippen molar-refractivity contribution in [2.75, 3.05) is 11.9 Å². The Labute approximate surface area is 127 Å². The van der Waals surface area contributed by atoms with E-state index in [4.69, 9.17) is 0 Å². The maximum Gasteiger partial charge on any atom is 0.242 e. The van der Waals surface area contributed by atoms with Gasteiger partial charge >= 0.3 is 0 Å². The van der Waals surface area contributed by atoms with Crippen LogP contribution in [0.1, 0.15) is 38.2 Å². The van der Waals surface area contributed by atoms with Gasteiger partial charge in [-0.1, -0.05) is 19.9 Å². The zero-order valence-electron chi connectivity index (χ0n) is 11.8. The van der Waals surface area contributed by atoms with Gasteiger partial charge < -0.3 is 10.6 Å². The van der Waals surface area contributed by atoms with Gasteiger partial charge in [0.2, 0.25) is 5.91 Å². The minimum absolute atomic E-state index is 0.0364. The van der Waals surface area contributed by atoms with Crippen LogP contribution >= 0.6 is 15.9 Å². The van der Waals surface area contributed by atoms with E-state index in [9.17, 15) is 4.79 Å². The molecule has 3 rings (SSSR count). The molecule has 20 heavy (non-hydrogen) atoms. The molecular weight excluding hydrogens is 318 g/mol. The molecule has 1 aromatic rings. The van der Waals surface area contributed by atoms with Gasteiger partial charge in [0.1, 0.15) is 10.4 Å². The van der Waals surface area contributed by atoms with E-state index in [0.29, 0.717) is 17.8 Å². The summed E-state index contributed by atoms with van der Waals surface area (Å²) < 4.78 is 0.762. The van der Waals surface area contributed by atoms with E-state index in [1.165, 1.54) is 18.4 Å². The van der Waals surface area contributed by atoms with Gasteiger partial charge in [0.15, 0.2) is 0 Å². The Hall–Kier alpha value is -0.940. The first kappa shape index (κ1) is 14.0. The van der Waals surface area contributed by atoms with Gasteiger partial charge in [-0.2, -0.15) is 0 Å². The molecule has 1 aliphatic carbocycles. The molecule has 2 N–H and O–H groups in total. The lowest BCUT2D eigenvalue weighted by molar-refractivity contribution is -0.118. The van der Waals surface area contributed by atoms with Crippen LogP contribution in [0.25, 0.3) is 0 Å². The van der Waals surface area contributed by atoms with Crippen LogP contribution in [-0.2, 0) is 4.79 Å². The second-order valence-corrected chi connectivity index (χ2v) is 6.87. The van der Waals surface area contributed by atoms with Crippen molar-refractivity contribution in [3.05, 3.63) is 22.3 Å². The second kappa shape index (κ2) is 5.45. The lowest BCUT2D eigenvalue weighted by atomic mass is 9.94. The molecule has 1 aliphatic heterocycles. The van der Waals surface area contributed by atoms with Crippen LogP contribution < -0.4 is 10.6 Å². The monoisotopic (exact) mass is 337 g/mol. The number of hydrogen-bond acceptors (Lipinski definition) is 3. The molecule has 1 aromatic heterocycles. The van der Waals surface area contributed by atoms with E-state index < -0.39 is 0 Å². The molecule has 1 amide bonds. The summed E-state index contributed by atoms with van der Waals surface area (Å²) in [5.41, 5.74) is 1.17. The molecule has 0 aromatic carbocycles. The molecule has 0 spiro atoms. The highest BCUT2D eigenvalue weighted by Gasteiger charge is 2.35. The number of nitrogens with one attached hydrogen (secondary N) is 2. The number of halogens is 1. The average molecular weight is 338 g/mol. The van der Waals surface area contributed by atoms with E-state index in [0.717, 1.165) is 17.0 Å². The van der Waals surface area contributed by atoms with Gasteiger partial charge in [0.25, 0.3) is 0 Å².